The van der Waals surface area contributed by atoms with Crippen LogP contribution in [-0.4, -0.2) is 33.2 Å². The molecule has 2 aromatic heterocycles. The standard InChI is InChI=1S/C29H30FN5O/c1-35-28(36)26(21-10-12-23(30)13-11-21)27(22-15-18-31-19-16-22)34-29(35)33-25(24-8-5-17-32-24)14-9-20-6-3-2-4-7-20/h2-4,6-7,10-13,15-16,18-19,24-25,32H,5,8-9,14,17H2,1H3,(H,33,34)/t24-,25?/m0/s1. The minimum Gasteiger partial charge on any atom is -0.351 e. The number of rotatable bonds is 8. The molecule has 184 valence electrons. The zero-order valence-electron chi connectivity index (χ0n) is 20.3. The first-order chi connectivity index (χ1) is 17.6. The van der Waals surface area contributed by atoms with Gasteiger partial charge in [0.2, 0.25) is 5.95 Å². The van der Waals surface area contributed by atoms with Crippen LogP contribution >= 0.6 is 0 Å². The molecule has 5 rings (SSSR count). The fourth-order valence-electron chi connectivity index (χ4n) is 4.89. The van der Waals surface area contributed by atoms with Gasteiger partial charge in [-0.3, -0.25) is 14.3 Å². The van der Waals surface area contributed by atoms with E-state index in [4.69, 9.17) is 4.98 Å². The normalized spacial score (nSPS) is 16.1. The molecular weight excluding hydrogens is 453 g/mol. The fraction of sp³-hybridized carbons (Fsp3) is 0.276. The van der Waals surface area contributed by atoms with Crippen molar-refractivity contribution < 1.29 is 4.39 Å². The highest BCUT2D eigenvalue weighted by atomic mass is 19.1. The van der Waals surface area contributed by atoms with E-state index in [1.54, 1.807) is 36.1 Å². The molecule has 3 heterocycles. The summed E-state index contributed by atoms with van der Waals surface area (Å²) in [5, 5.41) is 7.23. The number of aryl methyl sites for hydroxylation is 1. The third-order valence-electron chi connectivity index (χ3n) is 6.86. The van der Waals surface area contributed by atoms with Gasteiger partial charge in [0.1, 0.15) is 5.82 Å². The van der Waals surface area contributed by atoms with Gasteiger partial charge in [-0.1, -0.05) is 42.5 Å². The Morgan fingerprint density at radius 3 is 2.50 bits per heavy atom. The van der Waals surface area contributed by atoms with Gasteiger partial charge in [0.15, 0.2) is 0 Å². The quantitative estimate of drug-likeness (QED) is 0.376. The zero-order chi connectivity index (χ0) is 24.9. The van der Waals surface area contributed by atoms with Crippen LogP contribution in [0.5, 0.6) is 0 Å². The van der Waals surface area contributed by atoms with Crippen molar-refractivity contribution in [1.82, 2.24) is 19.9 Å². The zero-order valence-corrected chi connectivity index (χ0v) is 20.3. The highest BCUT2D eigenvalue weighted by Crippen LogP contribution is 2.29. The monoisotopic (exact) mass is 483 g/mol. The topological polar surface area (TPSA) is 71.8 Å². The maximum Gasteiger partial charge on any atom is 0.263 e. The molecule has 1 aliphatic heterocycles. The molecule has 0 bridgehead atoms. The van der Waals surface area contributed by atoms with Gasteiger partial charge in [0, 0.05) is 37.1 Å². The first-order valence-electron chi connectivity index (χ1n) is 12.4. The van der Waals surface area contributed by atoms with Crippen LogP contribution in [0, 0.1) is 5.82 Å². The van der Waals surface area contributed by atoms with Gasteiger partial charge >= 0.3 is 0 Å². The van der Waals surface area contributed by atoms with E-state index in [2.05, 4.69) is 39.9 Å². The molecule has 1 aliphatic rings. The maximum absolute atomic E-state index is 13.7. The third-order valence-corrected chi connectivity index (χ3v) is 6.86. The maximum atomic E-state index is 13.7. The third kappa shape index (κ3) is 5.21. The minimum atomic E-state index is -0.349. The number of nitrogens with zero attached hydrogens (tertiary/aromatic N) is 3. The Bertz CT molecular complexity index is 1350. The number of nitrogens with one attached hydrogen (secondary N) is 2. The lowest BCUT2D eigenvalue weighted by Crippen LogP contribution is -2.42. The van der Waals surface area contributed by atoms with Crippen LogP contribution in [0.15, 0.2) is 83.9 Å². The first kappa shape index (κ1) is 23.9. The second kappa shape index (κ2) is 10.8. The van der Waals surface area contributed by atoms with E-state index in [1.165, 1.54) is 17.7 Å². The number of benzene rings is 2. The average molecular weight is 484 g/mol. The molecule has 1 fully saturated rings. The van der Waals surface area contributed by atoms with Crippen molar-refractivity contribution in [3.05, 3.63) is 101 Å². The molecule has 2 N–H and O–H groups in total. The lowest BCUT2D eigenvalue weighted by molar-refractivity contribution is 0.480. The van der Waals surface area contributed by atoms with E-state index in [9.17, 15) is 9.18 Å². The summed E-state index contributed by atoms with van der Waals surface area (Å²) < 4.78 is 15.2. The summed E-state index contributed by atoms with van der Waals surface area (Å²) in [4.78, 5) is 22.8. The summed E-state index contributed by atoms with van der Waals surface area (Å²) in [6, 6.07) is 20.5. The second-order valence-electron chi connectivity index (χ2n) is 9.24. The van der Waals surface area contributed by atoms with Gasteiger partial charge in [-0.05, 0) is 67.6 Å². The molecule has 36 heavy (non-hydrogen) atoms. The summed E-state index contributed by atoms with van der Waals surface area (Å²) >= 11 is 0. The number of aromatic nitrogens is 3. The Kier molecular flexibility index (Phi) is 7.18. The van der Waals surface area contributed by atoms with Crippen LogP contribution < -0.4 is 16.2 Å². The summed E-state index contributed by atoms with van der Waals surface area (Å²) in [7, 11) is 1.73. The molecule has 0 amide bonds. The number of hydrogen-bond donors (Lipinski definition) is 2. The van der Waals surface area contributed by atoms with Gasteiger partial charge in [0.05, 0.1) is 11.3 Å². The van der Waals surface area contributed by atoms with Gasteiger partial charge in [-0.15, -0.1) is 0 Å². The SMILES string of the molecule is Cn1c(NC(CCc2ccccc2)[C@@H]2CCCN2)nc(-c2ccncc2)c(-c2ccc(F)cc2)c1=O. The van der Waals surface area contributed by atoms with E-state index in [0.29, 0.717) is 28.8 Å². The summed E-state index contributed by atoms with van der Waals surface area (Å²) in [5.74, 6) is 0.169. The minimum absolute atomic E-state index is 0.104. The number of hydrogen-bond acceptors (Lipinski definition) is 5. The summed E-state index contributed by atoms with van der Waals surface area (Å²) in [6.07, 6.45) is 7.40. The Hall–Kier alpha value is -3.84. The van der Waals surface area contributed by atoms with Crippen molar-refractivity contribution in [3.63, 3.8) is 0 Å². The number of anilines is 1. The smallest absolute Gasteiger partial charge is 0.263 e. The number of pyridine rings is 1. The highest BCUT2D eigenvalue weighted by Gasteiger charge is 2.27. The van der Waals surface area contributed by atoms with Crippen LogP contribution in [0.3, 0.4) is 0 Å². The van der Waals surface area contributed by atoms with E-state index in [-0.39, 0.29) is 17.4 Å². The van der Waals surface area contributed by atoms with Crippen molar-refractivity contribution in [2.45, 2.75) is 37.8 Å². The largest absolute Gasteiger partial charge is 0.351 e. The molecular formula is C29H30FN5O. The molecule has 6 nitrogen and oxygen atoms in total. The molecule has 1 saturated heterocycles. The van der Waals surface area contributed by atoms with Crippen LogP contribution in [0.1, 0.15) is 24.8 Å². The fourth-order valence-corrected chi connectivity index (χ4v) is 4.89. The van der Waals surface area contributed by atoms with Crippen molar-refractivity contribution in [1.29, 1.82) is 0 Å². The molecule has 7 heteroatoms. The number of halogens is 1. The van der Waals surface area contributed by atoms with E-state index < -0.39 is 0 Å². The molecule has 0 aliphatic carbocycles. The molecule has 1 unspecified atom stereocenters. The van der Waals surface area contributed by atoms with Crippen molar-refractivity contribution >= 4 is 5.95 Å². The van der Waals surface area contributed by atoms with Crippen LogP contribution in [-0.2, 0) is 13.5 Å². The van der Waals surface area contributed by atoms with Crippen LogP contribution in [0.4, 0.5) is 10.3 Å². The Morgan fingerprint density at radius 1 is 1.06 bits per heavy atom. The van der Waals surface area contributed by atoms with E-state index in [0.717, 1.165) is 37.8 Å². The predicted octanol–water partition coefficient (Wildman–Crippen LogP) is 4.81. The van der Waals surface area contributed by atoms with E-state index in [1.807, 2.05) is 18.2 Å². The summed E-state index contributed by atoms with van der Waals surface area (Å²) in [5.41, 5.74) is 3.50. The van der Waals surface area contributed by atoms with Gasteiger partial charge < -0.3 is 10.6 Å². The lowest BCUT2D eigenvalue weighted by Gasteiger charge is -2.27. The van der Waals surface area contributed by atoms with Crippen molar-refractivity contribution in [2.75, 3.05) is 11.9 Å². The Morgan fingerprint density at radius 2 is 1.81 bits per heavy atom. The van der Waals surface area contributed by atoms with Crippen molar-refractivity contribution in [2.24, 2.45) is 7.05 Å². The average Bonchev–Trinajstić information content (AvgIpc) is 3.46. The Balaban J connectivity index is 1.54. The van der Waals surface area contributed by atoms with Gasteiger partial charge in [0.25, 0.3) is 5.56 Å². The predicted molar refractivity (Wildman–Crippen MR) is 141 cm³/mol. The highest BCUT2D eigenvalue weighted by molar-refractivity contribution is 5.80. The molecule has 2 atom stereocenters. The molecule has 4 aromatic rings. The van der Waals surface area contributed by atoms with E-state index >= 15 is 0 Å². The van der Waals surface area contributed by atoms with Crippen LogP contribution in [0.2, 0.25) is 0 Å². The van der Waals surface area contributed by atoms with Crippen LogP contribution in [0.25, 0.3) is 22.4 Å². The summed E-state index contributed by atoms with van der Waals surface area (Å²) in [6.45, 7) is 0.992. The molecule has 0 radical (unpaired) electrons. The first-order valence-corrected chi connectivity index (χ1v) is 12.4. The Labute approximate surface area is 210 Å². The van der Waals surface area contributed by atoms with Crippen molar-refractivity contribution in [3.8, 4) is 22.4 Å². The van der Waals surface area contributed by atoms with Gasteiger partial charge in [-0.2, -0.15) is 0 Å². The lowest BCUT2D eigenvalue weighted by atomic mass is 9.98. The molecule has 0 saturated carbocycles. The molecule has 2 aromatic carbocycles. The van der Waals surface area contributed by atoms with Gasteiger partial charge in [-0.25, -0.2) is 9.37 Å². The molecule has 0 spiro atoms. The second-order valence-corrected chi connectivity index (χ2v) is 9.24.